The summed E-state index contributed by atoms with van der Waals surface area (Å²) < 4.78 is 6.86. The number of nitrogens with zero attached hydrogens (tertiary/aromatic N) is 6. The average Bonchev–Trinajstić information content (AvgIpc) is 3.99. The van der Waals surface area contributed by atoms with Crippen molar-refractivity contribution in [3.8, 4) is 51.3 Å². The van der Waals surface area contributed by atoms with Gasteiger partial charge in [0, 0.05) is 58.5 Å². The number of rotatable bonds is 5. The lowest BCUT2D eigenvalue weighted by Gasteiger charge is -2.16. The van der Waals surface area contributed by atoms with Gasteiger partial charge >= 0.3 is 0 Å². The van der Waals surface area contributed by atoms with Gasteiger partial charge in [-0.25, -0.2) is 14.8 Å². The summed E-state index contributed by atoms with van der Waals surface area (Å²) in [6, 6.07) is 64.7. The summed E-state index contributed by atoms with van der Waals surface area (Å²) in [6.45, 7) is 8.70. The molecule has 0 atom stereocenters. The molecule has 0 bridgehead atoms. The van der Waals surface area contributed by atoms with Gasteiger partial charge in [-0.05, 0) is 54.1 Å². The van der Waals surface area contributed by atoms with Gasteiger partial charge in [-0.1, -0.05) is 133 Å². The molecule has 0 aliphatic carbocycles. The van der Waals surface area contributed by atoms with E-state index in [2.05, 4.69) is 141 Å². The van der Waals surface area contributed by atoms with Gasteiger partial charge in [0.2, 0.25) is 5.69 Å². The fourth-order valence-corrected chi connectivity index (χ4v) is 10.4. The van der Waals surface area contributed by atoms with Crippen molar-refractivity contribution in [2.24, 2.45) is 0 Å². The minimum absolute atomic E-state index is 0.355. The van der Waals surface area contributed by atoms with E-state index in [-0.39, 0.29) is 0 Å². The zero-order valence-corrected chi connectivity index (χ0v) is 33.2. The number of fused-ring (bicyclic) bond motifs is 10. The van der Waals surface area contributed by atoms with Gasteiger partial charge in [0.1, 0.15) is 11.6 Å². The Kier molecular flexibility index (Phi) is 7.73. The molecule has 0 unspecified atom stereocenters. The van der Waals surface area contributed by atoms with Crippen LogP contribution in [0.4, 0.5) is 5.69 Å². The SMILES string of the molecule is [C-]#[N+]c1cc(-c2nc(-c3cccc4c3sc3ccccc34)nc(-c3ccccc3)c2C#N)ccc1-n1c2ccccc2c2ccc3c4ccccc4n(-c4ccccc4)c3c21. The van der Waals surface area contributed by atoms with Gasteiger partial charge < -0.3 is 9.13 Å². The van der Waals surface area contributed by atoms with Gasteiger partial charge in [0.25, 0.3) is 0 Å². The van der Waals surface area contributed by atoms with Gasteiger partial charge in [-0.15, -0.1) is 11.3 Å². The lowest BCUT2D eigenvalue weighted by Crippen LogP contribution is -2.02. The van der Waals surface area contributed by atoms with Crippen molar-refractivity contribution in [1.29, 1.82) is 5.26 Å². The number of benzene rings is 8. The molecule has 0 amide bonds. The van der Waals surface area contributed by atoms with E-state index in [1.165, 1.54) is 10.1 Å². The van der Waals surface area contributed by atoms with E-state index in [9.17, 15) is 5.26 Å². The third-order valence-electron chi connectivity index (χ3n) is 11.8. The zero-order valence-electron chi connectivity index (χ0n) is 32.4. The van der Waals surface area contributed by atoms with Crippen LogP contribution >= 0.6 is 11.3 Å². The van der Waals surface area contributed by atoms with E-state index in [4.69, 9.17) is 16.5 Å². The highest BCUT2D eigenvalue weighted by Crippen LogP contribution is 2.45. The molecular weight excluding hydrogens is 765 g/mol. The van der Waals surface area contributed by atoms with Crippen LogP contribution < -0.4 is 0 Å². The van der Waals surface area contributed by atoms with Gasteiger partial charge in [-0.2, -0.15) is 5.26 Å². The van der Waals surface area contributed by atoms with Crippen molar-refractivity contribution in [2.75, 3.05) is 0 Å². The average molecular weight is 795 g/mol. The Morgan fingerprint density at radius 3 is 1.82 bits per heavy atom. The second kappa shape index (κ2) is 13.6. The van der Waals surface area contributed by atoms with Crippen LogP contribution in [0.3, 0.4) is 0 Å². The maximum atomic E-state index is 10.9. The Morgan fingerprint density at radius 1 is 0.525 bits per heavy atom. The number of aromatic nitrogens is 4. The van der Waals surface area contributed by atoms with Crippen LogP contribution in [0.2, 0.25) is 0 Å². The highest BCUT2D eigenvalue weighted by Gasteiger charge is 2.25. The monoisotopic (exact) mass is 794 g/mol. The summed E-state index contributed by atoms with van der Waals surface area (Å²) in [6.07, 6.45) is 0. The molecule has 4 heterocycles. The molecule has 0 spiro atoms. The Hall–Kier alpha value is -8.36. The number of hydrogen-bond donors (Lipinski definition) is 0. The molecule has 12 rings (SSSR count). The Labute approximate surface area is 353 Å². The van der Waals surface area contributed by atoms with Crippen LogP contribution in [0.15, 0.2) is 182 Å². The summed E-state index contributed by atoms with van der Waals surface area (Å²) in [5, 5.41) is 17.7. The lowest BCUT2D eigenvalue weighted by atomic mass is 9.99. The summed E-state index contributed by atoms with van der Waals surface area (Å²) in [5.74, 6) is 0.525. The summed E-state index contributed by atoms with van der Waals surface area (Å²) in [4.78, 5) is 14.6. The van der Waals surface area contributed by atoms with E-state index in [1.54, 1.807) is 11.3 Å². The molecule has 7 heteroatoms. The molecule has 282 valence electrons. The van der Waals surface area contributed by atoms with E-state index in [0.717, 1.165) is 76.2 Å². The standard InChI is InChI=1S/C54H30N6S/c1-56-44-31-34(50-43(32-55)49(33-15-4-2-5-16-33)57-54(58-50)42-23-14-22-41-38-21-10-13-26-48(38)61-53(41)42)27-30-47(44)60-46-25-12-9-20-37(46)40-29-28-39-36-19-8-11-24-45(36)59(51(39)52(40)60)35-17-6-3-7-18-35/h2-31H. The third-order valence-corrected chi connectivity index (χ3v) is 13.0. The topological polar surface area (TPSA) is 63.8 Å². The first-order valence-corrected chi connectivity index (χ1v) is 20.8. The van der Waals surface area contributed by atoms with Crippen LogP contribution in [-0.4, -0.2) is 19.1 Å². The zero-order chi connectivity index (χ0) is 40.6. The van der Waals surface area contributed by atoms with Crippen molar-refractivity contribution in [2.45, 2.75) is 0 Å². The smallest absolute Gasteiger partial charge is 0.211 e. The van der Waals surface area contributed by atoms with E-state index in [1.807, 2.05) is 60.7 Å². The Bertz CT molecular complexity index is 3840. The van der Waals surface area contributed by atoms with Crippen molar-refractivity contribution in [3.63, 3.8) is 0 Å². The lowest BCUT2D eigenvalue weighted by molar-refractivity contribution is 1.15. The second-order valence-electron chi connectivity index (χ2n) is 15.1. The van der Waals surface area contributed by atoms with Crippen LogP contribution in [0.1, 0.15) is 5.56 Å². The summed E-state index contributed by atoms with van der Waals surface area (Å²) in [5.41, 5.74) is 10.2. The normalized spacial score (nSPS) is 11.6. The molecule has 6 nitrogen and oxygen atoms in total. The molecule has 4 aromatic heterocycles. The summed E-state index contributed by atoms with van der Waals surface area (Å²) >= 11 is 1.72. The molecule has 8 aromatic carbocycles. The van der Waals surface area contributed by atoms with Crippen LogP contribution in [0, 0.1) is 17.9 Å². The minimum atomic E-state index is 0.355. The predicted molar refractivity (Wildman–Crippen MR) is 251 cm³/mol. The molecule has 0 N–H and O–H groups in total. The highest BCUT2D eigenvalue weighted by atomic mass is 32.1. The van der Waals surface area contributed by atoms with Crippen molar-refractivity contribution < 1.29 is 0 Å². The first kappa shape index (κ1) is 34.7. The van der Waals surface area contributed by atoms with E-state index in [0.29, 0.717) is 34.0 Å². The first-order valence-electron chi connectivity index (χ1n) is 20.0. The van der Waals surface area contributed by atoms with Gasteiger partial charge in [-0.3, -0.25) is 0 Å². The number of hydrogen-bond acceptors (Lipinski definition) is 4. The van der Waals surface area contributed by atoms with Crippen LogP contribution in [0.25, 0.3) is 114 Å². The fourth-order valence-electron chi connectivity index (χ4n) is 9.17. The number of nitriles is 1. The van der Waals surface area contributed by atoms with E-state index >= 15 is 0 Å². The first-order chi connectivity index (χ1) is 30.2. The Morgan fingerprint density at radius 2 is 1.11 bits per heavy atom. The third kappa shape index (κ3) is 5.19. The van der Waals surface area contributed by atoms with Crippen LogP contribution in [-0.2, 0) is 0 Å². The predicted octanol–water partition coefficient (Wildman–Crippen LogP) is 14.5. The molecular formula is C54H30N6S. The molecule has 12 aromatic rings. The molecule has 0 fully saturated rings. The molecule has 0 saturated carbocycles. The molecule has 0 radical (unpaired) electrons. The van der Waals surface area contributed by atoms with Gasteiger partial charge in [0.05, 0.1) is 45.7 Å². The minimum Gasteiger partial charge on any atom is -0.317 e. The fraction of sp³-hybridized carbons (Fsp3) is 0. The highest BCUT2D eigenvalue weighted by molar-refractivity contribution is 7.26. The quantitative estimate of drug-likeness (QED) is 0.163. The van der Waals surface area contributed by atoms with Crippen molar-refractivity contribution in [1.82, 2.24) is 19.1 Å². The second-order valence-corrected chi connectivity index (χ2v) is 16.1. The molecule has 0 saturated heterocycles. The van der Waals surface area contributed by atoms with Crippen molar-refractivity contribution in [3.05, 3.63) is 199 Å². The van der Waals surface area contributed by atoms with E-state index < -0.39 is 0 Å². The molecule has 61 heavy (non-hydrogen) atoms. The number of para-hydroxylation sites is 3. The maximum Gasteiger partial charge on any atom is 0.211 e. The molecule has 0 aliphatic heterocycles. The number of thiophene rings is 1. The maximum absolute atomic E-state index is 10.9. The largest absolute Gasteiger partial charge is 0.317 e. The molecule has 0 aliphatic rings. The van der Waals surface area contributed by atoms with Crippen LogP contribution in [0.5, 0.6) is 0 Å². The van der Waals surface area contributed by atoms with Gasteiger partial charge in [0.15, 0.2) is 5.82 Å². The Balaban J connectivity index is 1.14. The van der Waals surface area contributed by atoms with Crippen molar-refractivity contribution >= 4 is 80.8 Å². The summed E-state index contributed by atoms with van der Waals surface area (Å²) in [7, 11) is 0.